The predicted octanol–water partition coefficient (Wildman–Crippen LogP) is 1.65. The summed E-state index contributed by atoms with van der Waals surface area (Å²) in [6, 6.07) is -1.43. The van der Waals surface area contributed by atoms with Crippen molar-refractivity contribution in [1.29, 1.82) is 0 Å². The zero-order chi connectivity index (χ0) is 18.9. The second kappa shape index (κ2) is 6.99. The Morgan fingerprint density at radius 2 is 1.71 bits per heavy atom. The molecule has 0 aromatic carbocycles. The highest BCUT2D eigenvalue weighted by Gasteiger charge is 2.43. The van der Waals surface area contributed by atoms with Gasteiger partial charge < -0.3 is 20.7 Å². The average Bonchev–Trinajstić information content (AvgIpc) is 2.74. The van der Waals surface area contributed by atoms with Gasteiger partial charge in [0.2, 0.25) is 11.8 Å². The van der Waals surface area contributed by atoms with Gasteiger partial charge in [-0.05, 0) is 38.5 Å². The van der Waals surface area contributed by atoms with Crippen LogP contribution in [-0.2, 0) is 14.3 Å². The highest BCUT2D eigenvalue weighted by atomic mass is 16.6. The summed E-state index contributed by atoms with van der Waals surface area (Å²) in [5.74, 6) is -0.632. The minimum absolute atomic E-state index is 0.189. The molecular weight excluding hydrogens is 310 g/mol. The molecule has 3 unspecified atom stereocenters. The number of likely N-dealkylation sites (tertiary alicyclic amines) is 1. The van der Waals surface area contributed by atoms with Gasteiger partial charge in [0.15, 0.2) is 0 Å². The molecule has 3 atom stereocenters. The Hall–Kier alpha value is -1.79. The van der Waals surface area contributed by atoms with E-state index in [1.807, 2.05) is 27.7 Å². The van der Waals surface area contributed by atoms with Gasteiger partial charge >= 0.3 is 6.09 Å². The van der Waals surface area contributed by atoms with Crippen LogP contribution >= 0.6 is 0 Å². The van der Waals surface area contributed by atoms with Gasteiger partial charge in [0.05, 0.1) is 0 Å². The Kier molecular flexibility index (Phi) is 5.90. The van der Waals surface area contributed by atoms with Crippen LogP contribution in [0, 0.1) is 11.3 Å². The highest BCUT2D eigenvalue weighted by molar-refractivity contribution is 5.91. The van der Waals surface area contributed by atoms with Gasteiger partial charge in [-0.3, -0.25) is 9.59 Å². The van der Waals surface area contributed by atoms with E-state index in [1.54, 1.807) is 20.8 Å². The number of amides is 3. The lowest BCUT2D eigenvalue weighted by Crippen LogP contribution is -2.57. The van der Waals surface area contributed by atoms with Crippen molar-refractivity contribution in [3.63, 3.8) is 0 Å². The van der Waals surface area contributed by atoms with Crippen LogP contribution in [0.5, 0.6) is 0 Å². The average molecular weight is 341 g/mol. The molecule has 0 aromatic heterocycles. The third kappa shape index (κ3) is 5.39. The van der Waals surface area contributed by atoms with Gasteiger partial charge in [0.25, 0.3) is 0 Å². The van der Waals surface area contributed by atoms with E-state index in [0.29, 0.717) is 13.0 Å². The number of rotatable bonds is 3. The van der Waals surface area contributed by atoms with Crippen LogP contribution in [0.15, 0.2) is 0 Å². The van der Waals surface area contributed by atoms with Crippen molar-refractivity contribution < 1.29 is 19.1 Å². The fourth-order valence-electron chi connectivity index (χ4n) is 2.80. The Labute approximate surface area is 144 Å². The zero-order valence-corrected chi connectivity index (χ0v) is 15.8. The molecule has 7 nitrogen and oxygen atoms in total. The number of nitrogens with one attached hydrogen (secondary N) is 1. The van der Waals surface area contributed by atoms with Crippen molar-refractivity contribution in [2.24, 2.45) is 17.1 Å². The first kappa shape index (κ1) is 20.3. The molecule has 1 saturated heterocycles. The van der Waals surface area contributed by atoms with Crippen molar-refractivity contribution in [1.82, 2.24) is 10.2 Å². The molecule has 0 radical (unpaired) electrons. The molecule has 1 aliphatic rings. The topological polar surface area (TPSA) is 102 Å². The summed E-state index contributed by atoms with van der Waals surface area (Å²) in [5, 5.41) is 2.66. The van der Waals surface area contributed by atoms with Crippen LogP contribution in [0.2, 0.25) is 0 Å². The first-order chi connectivity index (χ1) is 10.7. The first-order valence-corrected chi connectivity index (χ1v) is 8.31. The fourth-order valence-corrected chi connectivity index (χ4v) is 2.80. The molecule has 0 saturated carbocycles. The summed E-state index contributed by atoms with van der Waals surface area (Å²) < 4.78 is 5.26. The van der Waals surface area contributed by atoms with Gasteiger partial charge in [-0.15, -0.1) is 0 Å². The van der Waals surface area contributed by atoms with E-state index >= 15 is 0 Å². The summed E-state index contributed by atoms with van der Waals surface area (Å²) in [4.78, 5) is 38.3. The van der Waals surface area contributed by atoms with Crippen molar-refractivity contribution >= 4 is 17.9 Å². The second-order valence-electron chi connectivity index (χ2n) is 8.69. The van der Waals surface area contributed by atoms with Crippen LogP contribution < -0.4 is 11.1 Å². The number of carbonyl (C=O) groups excluding carboxylic acids is 3. The van der Waals surface area contributed by atoms with Gasteiger partial charge in [-0.2, -0.15) is 0 Å². The van der Waals surface area contributed by atoms with Crippen LogP contribution in [0.4, 0.5) is 4.79 Å². The fraction of sp³-hybridized carbons (Fsp3) is 0.824. The number of carbonyl (C=O) groups is 3. The Morgan fingerprint density at radius 1 is 1.17 bits per heavy atom. The van der Waals surface area contributed by atoms with Gasteiger partial charge in [-0.1, -0.05) is 27.7 Å². The number of nitrogens with two attached hydrogens (primary N) is 1. The van der Waals surface area contributed by atoms with Crippen LogP contribution in [0.3, 0.4) is 0 Å². The summed E-state index contributed by atoms with van der Waals surface area (Å²) in [7, 11) is 0. The van der Waals surface area contributed by atoms with Gasteiger partial charge in [-0.25, -0.2) is 4.79 Å². The number of ether oxygens (including phenoxy) is 1. The molecule has 0 spiro atoms. The number of primary amides is 1. The molecule has 1 aliphatic heterocycles. The van der Waals surface area contributed by atoms with E-state index in [4.69, 9.17) is 10.5 Å². The molecule has 1 heterocycles. The van der Waals surface area contributed by atoms with Crippen LogP contribution in [0.1, 0.15) is 54.9 Å². The van der Waals surface area contributed by atoms with Gasteiger partial charge in [0, 0.05) is 6.54 Å². The maximum atomic E-state index is 13.0. The number of alkyl carbamates (subject to hydrolysis) is 1. The predicted molar refractivity (Wildman–Crippen MR) is 91.1 cm³/mol. The number of hydrogen-bond donors (Lipinski definition) is 2. The first-order valence-electron chi connectivity index (χ1n) is 8.31. The lowest BCUT2D eigenvalue weighted by atomic mass is 9.85. The third-order valence-electron chi connectivity index (χ3n) is 3.90. The quantitative estimate of drug-likeness (QED) is 0.815. The van der Waals surface area contributed by atoms with Crippen molar-refractivity contribution in [2.45, 2.75) is 72.6 Å². The minimum atomic E-state index is -0.806. The molecule has 3 N–H and O–H groups in total. The molecule has 0 aliphatic carbocycles. The summed E-state index contributed by atoms with van der Waals surface area (Å²) in [6.45, 7) is 13.2. The molecule has 24 heavy (non-hydrogen) atoms. The highest BCUT2D eigenvalue weighted by Crippen LogP contribution is 2.28. The van der Waals surface area contributed by atoms with E-state index in [1.165, 1.54) is 4.90 Å². The van der Waals surface area contributed by atoms with Crippen molar-refractivity contribution in [2.75, 3.05) is 6.54 Å². The molecule has 1 fully saturated rings. The monoisotopic (exact) mass is 341 g/mol. The number of hydrogen-bond acceptors (Lipinski definition) is 4. The summed E-state index contributed by atoms with van der Waals surface area (Å²) in [6.07, 6.45) is -0.108. The van der Waals surface area contributed by atoms with E-state index in [-0.39, 0.29) is 11.8 Å². The molecular formula is C17H31N3O4. The molecule has 3 amide bonds. The second-order valence-corrected chi connectivity index (χ2v) is 8.69. The lowest BCUT2D eigenvalue weighted by molar-refractivity contribution is -0.141. The van der Waals surface area contributed by atoms with Crippen molar-refractivity contribution in [3.05, 3.63) is 0 Å². The SMILES string of the molecule is CC1CC(C(N)=O)N(C(=O)C(NC(=O)OC(C)(C)C)C(C)(C)C)C1. The van der Waals surface area contributed by atoms with Crippen LogP contribution in [0.25, 0.3) is 0 Å². The minimum Gasteiger partial charge on any atom is -0.444 e. The zero-order valence-electron chi connectivity index (χ0n) is 15.8. The molecule has 0 bridgehead atoms. The Bertz CT molecular complexity index is 505. The third-order valence-corrected chi connectivity index (χ3v) is 3.90. The van der Waals surface area contributed by atoms with E-state index in [2.05, 4.69) is 5.32 Å². The maximum Gasteiger partial charge on any atom is 0.408 e. The molecule has 138 valence electrons. The van der Waals surface area contributed by atoms with E-state index in [9.17, 15) is 14.4 Å². The summed E-state index contributed by atoms with van der Waals surface area (Å²) >= 11 is 0. The molecule has 0 aromatic rings. The largest absolute Gasteiger partial charge is 0.444 e. The molecule has 1 rings (SSSR count). The van der Waals surface area contributed by atoms with Gasteiger partial charge in [0.1, 0.15) is 17.7 Å². The Balaban J connectivity index is 2.98. The van der Waals surface area contributed by atoms with Crippen molar-refractivity contribution in [3.8, 4) is 0 Å². The maximum absolute atomic E-state index is 13.0. The van der Waals surface area contributed by atoms with Crippen LogP contribution in [-0.4, -0.2) is 47.0 Å². The Morgan fingerprint density at radius 3 is 2.12 bits per heavy atom. The van der Waals surface area contributed by atoms with E-state index < -0.39 is 35.1 Å². The molecule has 7 heteroatoms. The normalized spacial score (nSPS) is 22.9. The number of nitrogens with zero attached hydrogens (tertiary/aromatic N) is 1. The standard InChI is InChI=1S/C17H31N3O4/c1-10-8-11(13(18)21)20(9-10)14(22)12(16(2,3)4)19-15(23)24-17(5,6)7/h10-12H,8-9H2,1-7H3,(H2,18,21)(H,19,23). The van der Waals surface area contributed by atoms with E-state index in [0.717, 1.165) is 0 Å². The summed E-state index contributed by atoms with van der Waals surface area (Å²) in [5.41, 5.74) is 4.24. The lowest BCUT2D eigenvalue weighted by Gasteiger charge is -2.35. The smallest absolute Gasteiger partial charge is 0.408 e.